The van der Waals surface area contributed by atoms with Gasteiger partial charge in [0.15, 0.2) is 17.5 Å². The quantitative estimate of drug-likeness (QED) is 0.275. The molecule has 2 N–H and O–H groups in total. The minimum atomic E-state index is -0.0350. The number of benzene rings is 1. The third kappa shape index (κ3) is 7.52. The van der Waals surface area contributed by atoms with E-state index in [-0.39, 0.29) is 37.2 Å². The van der Waals surface area contributed by atoms with Gasteiger partial charge >= 0.3 is 0 Å². The number of guanidine groups is 1. The van der Waals surface area contributed by atoms with Crippen molar-refractivity contribution in [3.05, 3.63) is 41.3 Å². The maximum absolute atomic E-state index is 8.95. The number of aromatic nitrogens is 1. The van der Waals surface area contributed by atoms with Crippen LogP contribution in [-0.2, 0) is 13.1 Å². The number of piperazine rings is 1. The highest BCUT2D eigenvalue weighted by Gasteiger charge is 2.20. The number of aliphatic hydroxyl groups excluding tert-OH is 1. The van der Waals surface area contributed by atoms with Gasteiger partial charge in [0.05, 0.1) is 26.0 Å². The Hall–Kier alpha value is -2.05. The first-order valence-corrected chi connectivity index (χ1v) is 10.7. The van der Waals surface area contributed by atoms with E-state index < -0.39 is 0 Å². The fourth-order valence-electron chi connectivity index (χ4n) is 3.52. The van der Waals surface area contributed by atoms with Crippen molar-refractivity contribution in [2.75, 3.05) is 53.0 Å². The fraction of sp³-hybridized carbons (Fsp3) is 0.545. The van der Waals surface area contributed by atoms with Gasteiger partial charge in [-0.1, -0.05) is 11.2 Å². The molecular formula is C22H34IN5O4. The van der Waals surface area contributed by atoms with Crippen molar-refractivity contribution < 1.29 is 19.1 Å². The number of rotatable bonds is 9. The van der Waals surface area contributed by atoms with Crippen LogP contribution in [0.5, 0.6) is 11.5 Å². The Kier molecular flexibility index (Phi) is 11.0. The molecule has 32 heavy (non-hydrogen) atoms. The molecule has 3 rings (SSSR count). The lowest BCUT2D eigenvalue weighted by Crippen LogP contribution is -2.52. The fourth-order valence-corrected chi connectivity index (χ4v) is 3.52. The van der Waals surface area contributed by atoms with Crippen molar-refractivity contribution in [2.45, 2.75) is 26.9 Å². The van der Waals surface area contributed by atoms with E-state index in [1.807, 2.05) is 31.2 Å². The molecule has 0 amide bonds. The van der Waals surface area contributed by atoms with Crippen molar-refractivity contribution in [1.82, 2.24) is 20.3 Å². The summed E-state index contributed by atoms with van der Waals surface area (Å²) in [6, 6.07) is 7.75. The molecule has 1 saturated heterocycles. The van der Waals surface area contributed by atoms with Gasteiger partial charge in [0.25, 0.3) is 0 Å². The van der Waals surface area contributed by atoms with Gasteiger partial charge in [0.2, 0.25) is 0 Å². The molecule has 2 heterocycles. The number of nitrogens with zero attached hydrogens (tertiary/aromatic N) is 4. The molecular weight excluding hydrogens is 525 g/mol. The van der Waals surface area contributed by atoms with Gasteiger partial charge in [-0.3, -0.25) is 4.90 Å². The summed E-state index contributed by atoms with van der Waals surface area (Å²) in [6.45, 7) is 10.1. The second kappa shape index (κ2) is 13.5. The Bertz CT molecular complexity index is 853. The Morgan fingerprint density at radius 3 is 2.62 bits per heavy atom. The van der Waals surface area contributed by atoms with Crippen LogP contribution < -0.4 is 14.8 Å². The number of nitrogens with one attached hydrogen (secondary N) is 1. The van der Waals surface area contributed by atoms with Gasteiger partial charge in [0, 0.05) is 45.3 Å². The van der Waals surface area contributed by atoms with Gasteiger partial charge < -0.3 is 29.3 Å². The lowest BCUT2D eigenvalue weighted by Gasteiger charge is -2.36. The van der Waals surface area contributed by atoms with Gasteiger partial charge in [-0.05, 0) is 31.5 Å². The average molecular weight is 559 g/mol. The molecule has 0 bridgehead atoms. The molecule has 1 aromatic carbocycles. The molecule has 1 aromatic heterocycles. The maximum Gasteiger partial charge on any atom is 0.194 e. The van der Waals surface area contributed by atoms with Crippen LogP contribution in [-0.4, -0.2) is 79.1 Å². The van der Waals surface area contributed by atoms with Gasteiger partial charge in [-0.25, -0.2) is 4.99 Å². The smallest absolute Gasteiger partial charge is 0.194 e. The largest absolute Gasteiger partial charge is 0.493 e. The predicted octanol–water partition coefficient (Wildman–Crippen LogP) is 2.26. The van der Waals surface area contributed by atoms with Gasteiger partial charge in [0.1, 0.15) is 12.4 Å². The molecule has 0 saturated carbocycles. The number of aryl methyl sites for hydroxylation is 1. The SMILES string of the molecule is CCNC(=NCc1ccc(OCCO)c(OC)c1)N1CCN(Cc2cc(C)on2)CC1.I. The highest BCUT2D eigenvalue weighted by atomic mass is 127. The van der Waals surface area contributed by atoms with Crippen LogP contribution in [0, 0.1) is 6.92 Å². The summed E-state index contributed by atoms with van der Waals surface area (Å²) in [5.41, 5.74) is 2.01. The van der Waals surface area contributed by atoms with Crippen LogP contribution in [0.25, 0.3) is 0 Å². The second-order valence-electron chi connectivity index (χ2n) is 7.42. The number of aliphatic hydroxyl groups is 1. The lowest BCUT2D eigenvalue weighted by atomic mass is 10.2. The summed E-state index contributed by atoms with van der Waals surface area (Å²) in [5.74, 6) is 3.02. The van der Waals surface area contributed by atoms with E-state index >= 15 is 0 Å². The highest BCUT2D eigenvalue weighted by Crippen LogP contribution is 2.28. The van der Waals surface area contributed by atoms with Gasteiger partial charge in [-0.15, -0.1) is 24.0 Å². The monoisotopic (exact) mass is 559 g/mol. The van der Waals surface area contributed by atoms with Crippen molar-refractivity contribution in [2.24, 2.45) is 4.99 Å². The third-order valence-corrected chi connectivity index (χ3v) is 5.06. The van der Waals surface area contributed by atoms with Crippen molar-refractivity contribution in [3.63, 3.8) is 0 Å². The minimum absolute atomic E-state index is 0. The van der Waals surface area contributed by atoms with Crippen LogP contribution >= 0.6 is 24.0 Å². The second-order valence-corrected chi connectivity index (χ2v) is 7.42. The first kappa shape index (κ1) is 26.2. The van der Waals surface area contributed by atoms with Crippen LogP contribution in [0.15, 0.2) is 33.8 Å². The van der Waals surface area contributed by atoms with E-state index in [4.69, 9.17) is 24.1 Å². The minimum Gasteiger partial charge on any atom is -0.493 e. The van der Waals surface area contributed by atoms with Crippen molar-refractivity contribution in [3.8, 4) is 11.5 Å². The molecule has 2 aromatic rings. The summed E-state index contributed by atoms with van der Waals surface area (Å²) >= 11 is 0. The predicted molar refractivity (Wildman–Crippen MR) is 134 cm³/mol. The highest BCUT2D eigenvalue weighted by molar-refractivity contribution is 14.0. The summed E-state index contributed by atoms with van der Waals surface area (Å²) in [5, 5.41) is 16.5. The molecule has 10 heteroatoms. The lowest BCUT2D eigenvalue weighted by molar-refractivity contribution is 0.169. The standard InChI is InChI=1S/C22H33N5O4.HI/c1-4-23-22(24-15-18-5-6-20(30-12-11-28)21(14-18)29-3)27-9-7-26(8-10-27)16-19-13-17(2)31-25-19;/h5-6,13-14,28H,4,7-12,15-16H2,1-3H3,(H,23,24);1H. The zero-order chi connectivity index (χ0) is 22.1. The molecule has 1 aliphatic rings. The Balaban J connectivity index is 0.00000363. The number of halogens is 1. The summed E-state index contributed by atoms with van der Waals surface area (Å²) in [7, 11) is 1.61. The number of hydrogen-bond donors (Lipinski definition) is 2. The van der Waals surface area contributed by atoms with E-state index in [0.717, 1.165) is 62.2 Å². The first-order chi connectivity index (χ1) is 15.1. The molecule has 0 atom stereocenters. The van der Waals surface area contributed by atoms with Crippen LogP contribution in [0.2, 0.25) is 0 Å². The number of aliphatic imine (C=N–C) groups is 1. The Morgan fingerprint density at radius 1 is 1.22 bits per heavy atom. The van der Waals surface area contributed by atoms with E-state index in [0.29, 0.717) is 18.0 Å². The van der Waals surface area contributed by atoms with E-state index in [2.05, 4.69) is 27.2 Å². The maximum atomic E-state index is 8.95. The first-order valence-electron chi connectivity index (χ1n) is 10.7. The average Bonchev–Trinajstić information content (AvgIpc) is 3.20. The number of ether oxygens (including phenoxy) is 2. The van der Waals surface area contributed by atoms with Crippen LogP contribution in [0.4, 0.5) is 0 Å². The van der Waals surface area contributed by atoms with Crippen molar-refractivity contribution >= 4 is 29.9 Å². The summed E-state index contributed by atoms with van der Waals surface area (Å²) in [6.07, 6.45) is 0. The molecule has 0 radical (unpaired) electrons. The Morgan fingerprint density at radius 2 is 2.00 bits per heavy atom. The van der Waals surface area contributed by atoms with E-state index in [1.54, 1.807) is 7.11 Å². The topological polar surface area (TPSA) is 95.6 Å². The molecule has 0 unspecified atom stereocenters. The van der Waals surface area contributed by atoms with Gasteiger partial charge in [-0.2, -0.15) is 0 Å². The molecule has 0 spiro atoms. The molecule has 9 nitrogen and oxygen atoms in total. The number of methoxy groups -OCH3 is 1. The normalized spacial score (nSPS) is 14.8. The molecule has 0 aliphatic carbocycles. The van der Waals surface area contributed by atoms with E-state index in [1.165, 1.54) is 0 Å². The molecule has 1 aliphatic heterocycles. The van der Waals surface area contributed by atoms with Crippen LogP contribution in [0.1, 0.15) is 23.9 Å². The third-order valence-electron chi connectivity index (χ3n) is 5.06. The molecule has 1 fully saturated rings. The van der Waals surface area contributed by atoms with E-state index in [9.17, 15) is 0 Å². The molecule has 178 valence electrons. The summed E-state index contributed by atoms with van der Waals surface area (Å²) < 4.78 is 16.1. The van der Waals surface area contributed by atoms with Crippen molar-refractivity contribution in [1.29, 1.82) is 0 Å². The Labute approximate surface area is 206 Å². The van der Waals surface area contributed by atoms with Crippen LogP contribution in [0.3, 0.4) is 0 Å². The zero-order valence-electron chi connectivity index (χ0n) is 19.0. The zero-order valence-corrected chi connectivity index (χ0v) is 21.4. The summed E-state index contributed by atoms with van der Waals surface area (Å²) in [4.78, 5) is 9.51. The number of hydrogen-bond acceptors (Lipinski definition) is 7.